The van der Waals surface area contributed by atoms with E-state index in [1.165, 1.54) is 6.07 Å². The Morgan fingerprint density at radius 1 is 0.941 bits per heavy atom. The van der Waals surface area contributed by atoms with E-state index in [2.05, 4.69) is 10.4 Å². The summed E-state index contributed by atoms with van der Waals surface area (Å²) in [6, 6.07) is 13.0. The summed E-state index contributed by atoms with van der Waals surface area (Å²) < 4.78 is 17.3. The van der Waals surface area contributed by atoms with Gasteiger partial charge in [-0.05, 0) is 57.5 Å². The van der Waals surface area contributed by atoms with E-state index < -0.39 is 17.4 Å². The highest BCUT2D eigenvalue weighted by atomic mass is 16.5. The third kappa shape index (κ3) is 5.43. The van der Waals surface area contributed by atoms with Crippen LogP contribution >= 0.6 is 0 Å². The highest BCUT2D eigenvalue weighted by molar-refractivity contribution is 6.07. The first-order chi connectivity index (χ1) is 16.4. The predicted octanol–water partition coefficient (Wildman–Crippen LogP) is 3.77. The second kappa shape index (κ2) is 11.1. The van der Waals surface area contributed by atoms with Crippen LogP contribution in [0.1, 0.15) is 47.2 Å². The average molecular weight is 466 g/mol. The third-order valence-electron chi connectivity index (χ3n) is 4.80. The SMILES string of the molecule is CCOC(=O)c1nn(-c2ccccc2C)c(=O)cc1NC(=O)c1ccc(OCC)c(OCC)c1. The van der Waals surface area contributed by atoms with Crippen LogP contribution in [0.4, 0.5) is 5.69 Å². The zero-order chi connectivity index (χ0) is 24.7. The number of hydrogen-bond donors (Lipinski definition) is 1. The van der Waals surface area contributed by atoms with Crippen LogP contribution in [0.3, 0.4) is 0 Å². The Labute approximate surface area is 197 Å². The Kier molecular flexibility index (Phi) is 8.02. The van der Waals surface area contributed by atoms with Crippen molar-refractivity contribution in [3.05, 3.63) is 75.7 Å². The standard InChI is InChI=1S/C25H27N3O6/c1-5-32-20-13-12-17(14-21(20)33-6-2)24(30)26-18-15-22(29)28(19-11-9-8-10-16(19)4)27-23(18)25(31)34-7-3/h8-15H,5-7H2,1-4H3,(H,26,30). The number of anilines is 1. The smallest absolute Gasteiger partial charge is 0.360 e. The van der Waals surface area contributed by atoms with E-state index in [0.717, 1.165) is 16.3 Å². The van der Waals surface area contributed by atoms with Gasteiger partial charge in [-0.15, -0.1) is 0 Å². The van der Waals surface area contributed by atoms with Crippen LogP contribution in [0.25, 0.3) is 5.69 Å². The maximum absolute atomic E-state index is 13.0. The molecule has 0 bridgehead atoms. The molecule has 9 nitrogen and oxygen atoms in total. The van der Waals surface area contributed by atoms with Gasteiger partial charge in [-0.2, -0.15) is 9.78 Å². The van der Waals surface area contributed by atoms with Crippen molar-refractivity contribution < 1.29 is 23.8 Å². The fraction of sp³-hybridized carbons (Fsp3) is 0.280. The number of para-hydroxylation sites is 1. The van der Waals surface area contributed by atoms with E-state index >= 15 is 0 Å². The van der Waals surface area contributed by atoms with Crippen molar-refractivity contribution in [2.75, 3.05) is 25.1 Å². The summed E-state index contributed by atoms with van der Waals surface area (Å²) >= 11 is 0. The van der Waals surface area contributed by atoms with Gasteiger partial charge >= 0.3 is 5.97 Å². The average Bonchev–Trinajstić information content (AvgIpc) is 2.81. The van der Waals surface area contributed by atoms with Crippen LogP contribution in [0.15, 0.2) is 53.3 Å². The van der Waals surface area contributed by atoms with Crippen molar-refractivity contribution in [2.45, 2.75) is 27.7 Å². The summed E-state index contributed by atoms with van der Waals surface area (Å²) in [5.74, 6) is -0.391. The topological polar surface area (TPSA) is 109 Å². The molecule has 0 saturated heterocycles. The number of nitrogens with zero attached hydrogens (tertiary/aromatic N) is 2. The van der Waals surface area contributed by atoms with Gasteiger partial charge in [-0.3, -0.25) is 9.59 Å². The minimum absolute atomic E-state index is 0.0508. The summed E-state index contributed by atoms with van der Waals surface area (Å²) in [7, 11) is 0. The number of carbonyl (C=O) groups excluding carboxylic acids is 2. The second-order valence-corrected chi connectivity index (χ2v) is 7.15. The summed E-state index contributed by atoms with van der Waals surface area (Å²) in [4.78, 5) is 38.5. The van der Waals surface area contributed by atoms with Crippen molar-refractivity contribution in [2.24, 2.45) is 0 Å². The molecule has 0 aliphatic heterocycles. The van der Waals surface area contributed by atoms with Crippen LogP contribution in [-0.4, -0.2) is 41.5 Å². The van der Waals surface area contributed by atoms with E-state index in [4.69, 9.17) is 14.2 Å². The molecule has 1 heterocycles. The second-order valence-electron chi connectivity index (χ2n) is 7.15. The normalized spacial score (nSPS) is 10.5. The van der Waals surface area contributed by atoms with Gasteiger partial charge in [0.2, 0.25) is 0 Å². The molecule has 3 aromatic rings. The quantitative estimate of drug-likeness (QED) is 0.479. The molecule has 1 aromatic heterocycles. The van der Waals surface area contributed by atoms with E-state index in [1.807, 2.05) is 32.9 Å². The first kappa shape index (κ1) is 24.5. The zero-order valence-corrected chi connectivity index (χ0v) is 19.6. The summed E-state index contributed by atoms with van der Waals surface area (Å²) in [5, 5.41) is 6.83. The number of rotatable bonds is 9. The maximum atomic E-state index is 13.0. The van der Waals surface area contributed by atoms with Crippen LogP contribution in [0.5, 0.6) is 11.5 Å². The van der Waals surface area contributed by atoms with Crippen LogP contribution in [0, 0.1) is 6.92 Å². The van der Waals surface area contributed by atoms with Crippen molar-refractivity contribution >= 4 is 17.6 Å². The van der Waals surface area contributed by atoms with Gasteiger partial charge in [0.25, 0.3) is 11.5 Å². The molecule has 0 atom stereocenters. The molecule has 0 unspecified atom stereocenters. The van der Waals surface area contributed by atoms with Crippen molar-refractivity contribution in [1.29, 1.82) is 0 Å². The van der Waals surface area contributed by atoms with E-state index in [0.29, 0.717) is 30.4 Å². The van der Waals surface area contributed by atoms with Gasteiger partial charge in [0, 0.05) is 11.6 Å². The van der Waals surface area contributed by atoms with Gasteiger partial charge in [-0.1, -0.05) is 18.2 Å². The molecule has 9 heteroatoms. The van der Waals surface area contributed by atoms with Gasteiger partial charge < -0.3 is 19.5 Å². The molecule has 178 valence electrons. The van der Waals surface area contributed by atoms with E-state index in [-0.39, 0.29) is 23.6 Å². The van der Waals surface area contributed by atoms with E-state index in [1.54, 1.807) is 31.2 Å². The molecule has 3 rings (SSSR count). The van der Waals surface area contributed by atoms with Crippen LogP contribution < -0.4 is 20.3 Å². The Morgan fingerprint density at radius 3 is 2.32 bits per heavy atom. The summed E-state index contributed by atoms with van der Waals surface area (Å²) in [6.07, 6.45) is 0. The first-order valence-corrected chi connectivity index (χ1v) is 11.0. The lowest BCUT2D eigenvalue weighted by molar-refractivity contribution is 0.0518. The molecule has 1 amide bonds. The number of ether oxygens (including phenoxy) is 3. The highest BCUT2D eigenvalue weighted by Gasteiger charge is 2.21. The predicted molar refractivity (Wildman–Crippen MR) is 127 cm³/mol. The number of carbonyl (C=O) groups is 2. The molecule has 1 N–H and O–H groups in total. The third-order valence-corrected chi connectivity index (χ3v) is 4.80. The number of esters is 1. The molecule has 34 heavy (non-hydrogen) atoms. The Bertz CT molecular complexity index is 1250. The van der Waals surface area contributed by atoms with Crippen molar-refractivity contribution in [3.8, 4) is 17.2 Å². The van der Waals surface area contributed by atoms with Crippen LogP contribution in [-0.2, 0) is 4.74 Å². The van der Waals surface area contributed by atoms with Gasteiger partial charge in [-0.25, -0.2) is 4.79 Å². The van der Waals surface area contributed by atoms with Crippen molar-refractivity contribution in [1.82, 2.24) is 9.78 Å². The summed E-state index contributed by atoms with van der Waals surface area (Å²) in [5.41, 5.74) is 0.814. The summed E-state index contributed by atoms with van der Waals surface area (Å²) in [6.45, 7) is 8.08. The molecule has 2 aromatic carbocycles. The van der Waals surface area contributed by atoms with Gasteiger partial charge in [0.05, 0.1) is 31.2 Å². The molecule has 0 saturated carbocycles. The molecule has 0 spiro atoms. The number of hydrogen-bond acceptors (Lipinski definition) is 7. The number of aromatic nitrogens is 2. The zero-order valence-electron chi connectivity index (χ0n) is 19.6. The molecule has 0 radical (unpaired) electrons. The largest absolute Gasteiger partial charge is 0.490 e. The number of nitrogens with one attached hydrogen (secondary N) is 1. The minimum atomic E-state index is -0.762. The van der Waals surface area contributed by atoms with E-state index in [9.17, 15) is 14.4 Å². The monoisotopic (exact) mass is 465 g/mol. The Hall–Kier alpha value is -4.14. The minimum Gasteiger partial charge on any atom is -0.490 e. The molecule has 0 aliphatic carbocycles. The number of amides is 1. The molecule has 0 fully saturated rings. The van der Waals surface area contributed by atoms with Crippen LogP contribution in [0.2, 0.25) is 0 Å². The molecular weight excluding hydrogens is 438 g/mol. The Morgan fingerprint density at radius 2 is 1.65 bits per heavy atom. The number of benzene rings is 2. The lowest BCUT2D eigenvalue weighted by atomic mass is 10.1. The highest BCUT2D eigenvalue weighted by Crippen LogP contribution is 2.29. The fourth-order valence-electron chi connectivity index (χ4n) is 3.26. The van der Waals surface area contributed by atoms with Crippen molar-refractivity contribution in [3.63, 3.8) is 0 Å². The van der Waals surface area contributed by atoms with Gasteiger partial charge in [0.1, 0.15) is 0 Å². The first-order valence-electron chi connectivity index (χ1n) is 11.0. The fourth-order valence-corrected chi connectivity index (χ4v) is 3.26. The molecule has 0 aliphatic rings. The number of aryl methyl sites for hydroxylation is 1. The molecular formula is C25H27N3O6. The Balaban J connectivity index is 2.02. The maximum Gasteiger partial charge on any atom is 0.360 e. The van der Waals surface area contributed by atoms with Gasteiger partial charge in [0.15, 0.2) is 17.2 Å². The lowest BCUT2D eigenvalue weighted by Crippen LogP contribution is -2.27. The lowest BCUT2D eigenvalue weighted by Gasteiger charge is -2.15.